The summed E-state index contributed by atoms with van der Waals surface area (Å²) in [5, 5.41) is 3.96. The number of hydrogen-bond donors (Lipinski definition) is 2. The fourth-order valence-corrected chi connectivity index (χ4v) is 2.97. The van der Waals surface area contributed by atoms with E-state index < -0.39 is 10.1 Å². The Hall–Kier alpha value is -2.91. The molecule has 0 atom stereocenters. The third kappa shape index (κ3) is 3.68. The molecule has 0 saturated heterocycles. The van der Waals surface area contributed by atoms with Crippen LogP contribution in [0.25, 0.3) is 10.9 Å². The molecule has 0 fully saturated rings. The van der Waals surface area contributed by atoms with Gasteiger partial charge in [0, 0.05) is 18.0 Å². The van der Waals surface area contributed by atoms with Crippen molar-refractivity contribution in [2.45, 2.75) is 11.4 Å². The molecule has 1 aromatic heterocycles. The summed E-state index contributed by atoms with van der Waals surface area (Å²) < 4.78 is 41.8. The molecule has 0 saturated carbocycles. The Morgan fingerprint density at radius 2 is 1.69 bits per heavy atom. The number of anilines is 1. The number of ether oxygens (including phenoxy) is 2. The highest BCUT2D eigenvalue weighted by Gasteiger charge is 2.11. The summed E-state index contributed by atoms with van der Waals surface area (Å²) in [5.41, 5.74) is 1.52. The monoisotopic (exact) mass is 375 g/mol. The van der Waals surface area contributed by atoms with Gasteiger partial charge in [0.1, 0.15) is 12.1 Å². The van der Waals surface area contributed by atoms with Crippen LogP contribution in [0.1, 0.15) is 5.56 Å². The maximum absolute atomic E-state index is 11.1. The molecule has 0 bridgehead atoms. The first kappa shape index (κ1) is 17.9. The molecule has 3 rings (SSSR count). The molecule has 0 unspecified atom stereocenters. The first-order valence-corrected chi connectivity index (χ1v) is 9.03. The molecule has 0 aliphatic heterocycles. The van der Waals surface area contributed by atoms with Crippen molar-refractivity contribution in [1.82, 2.24) is 9.97 Å². The second kappa shape index (κ2) is 7.14. The van der Waals surface area contributed by atoms with Gasteiger partial charge in [0.2, 0.25) is 0 Å². The van der Waals surface area contributed by atoms with Gasteiger partial charge in [0.15, 0.2) is 11.5 Å². The van der Waals surface area contributed by atoms with Gasteiger partial charge >= 0.3 is 0 Å². The van der Waals surface area contributed by atoms with Crippen molar-refractivity contribution in [1.29, 1.82) is 0 Å². The highest BCUT2D eigenvalue weighted by atomic mass is 32.2. The Balaban J connectivity index is 1.87. The number of nitrogens with one attached hydrogen (secondary N) is 1. The molecule has 8 nitrogen and oxygen atoms in total. The zero-order chi connectivity index (χ0) is 18.7. The number of hydrogen-bond acceptors (Lipinski definition) is 7. The Bertz CT molecular complexity index is 1040. The summed E-state index contributed by atoms with van der Waals surface area (Å²) in [6, 6.07) is 9.47. The molecule has 0 spiro atoms. The molecule has 2 aromatic carbocycles. The van der Waals surface area contributed by atoms with Crippen LogP contribution >= 0.6 is 0 Å². The highest BCUT2D eigenvalue weighted by Crippen LogP contribution is 2.33. The topological polar surface area (TPSA) is 111 Å². The molecule has 0 amide bonds. The maximum atomic E-state index is 11.1. The number of methoxy groups -OCH3 is 2. The average molecular weight is 375 g/mol. The predicted molar refractivity (Wildman–Crippen MR) is 96.2 cm³/mol. The number of fused-ring (bicyclic) bond motifs is 1. The van der Waals surface area contributed by atoms with Crippen molar-refractivity contribution < 1.29 is 22.4 Å². The van der Waals surface area contributed by atoms with Crippen molar-refractivity contribution >= 4 is 26.8 Å². The lowest BCUT2D eigenvalue weighted by Gasteiger charge is -2.12. The molecule has 0 aliphatic carbocycles. The van der Waals surface area contributed by atoms with Gasteiger partial charge in [-0.3, -0.25) is 4.55 Å². The second-order valence-electron chi connectivity index (χ2n) is 5.42. The number of nitrogens with zero attached hydrogens (tertiary/aromatic N) is 2. The van der Waals surface area contributed by atoms with Crippen LogP contribution < -0.4 is 14.8 Å². The molecule has 0 aliphatic rings. The summed E-state index contributed by atoms with van der Waals surface area (Å²) in [4.78, 5) is 8.35. The van der Waals surface area contributed by atoms with Gasteiger partial charge < -0.3 is 14.8 Å². The number of aromatic nitrogens is 2. The Labute approximate surface area is 150 Å². The second-order valence-corrected chi connectivity index (χ2v) is 6.84. The van der Waals surface area contributed by atoms with Gasteiger partial charge in [-0.2, -0.15) is 8.42 Å². The molecular weight excluding hydrogens is 358 g/mol. The lowest BCUT2D eigenvalue weighted by Crippen LogP contribution is -2.04. The first-order valence-electron chi connectivity index (χ1n) is 7.59. The third-order valence-electron chi connectivity index (χ3n) is 3.82. The summed E-state index contributed by atoms with van der Waals surface area (Å²) >= 11 is 0. The van der Waals surface area contributed by atoms with E-state index in [4.69, 9.17) is 14.0 Å². The zero-order valence-corrected chi connectivity index (χ0v) is 14.9. The van der Waals surface area contributed by atoms with E-state index in [-0.39, 0.29) is 4.90 Å². The molecule has 136 valence electrons. The van der Waals surface area contributed by atoms with E-state index in [1.165, 1.54) is 18.5 Å². The smallest absolute Gasteiger partial charge is 0.294 e. The van der Waals surface area contributed by atoms with Crippen LogP contribution in [-0.4, -0.2) is 37.2 Å². The van der Waals surface area contributed by atoms with Crippen LogP contribution in [-0.2, 0) is 16.7 Å². The Kier molecular flexibility index (Phi) is 4.92. The minimum Gasteiger partial charge on any atom is -0.493 e. The summed E-state index contributed by atoms with van der Waals surface area (Å²) in [7, 11) is -1.09. The van der Waals surface area contributed by atoms with Crippen LogP contribution in [0.5, 0.6) is 11.5 Å². The standard InChI is InChI=1S/C17H17N3O5S/c1-24-15-7-13-14(8-16(15)25-2)19-10-20-17(13)18-9-11-3-5-12(6-4-11)26(21,22)23/h3-8,10H,9H2,1-2H3,(H,18,19,20)(H,21,22,23). The van der Waals surface area contributed by atoms with Gasteiger partial charge in [-0.05, 0) is 23.8 Å². The van der Waals surface area contributed by atoms with E-state index in [2.05, 4.69) is 15.3 Å². The van der Waals surface area contributed by atoms with Crippen LogP contribution in [0, 0.1) is 0 Å². The molecule has 1 heterocycles. The molecule has 3 aromatic rings. The van der Waals surface area contributed by atoms with Crippen molar-refractivity contribution in [3.05, 3.63) is 48.3 Å². The maximum Gasteiger partial charge on any atom is 0.294 e. The zero-order valence-electron chi connectivity index (χ0n) is 14.1. The van der Waals surface area contributed by atoms with Crippen molar-refractivity contribution in [2.75, 3.05) is 19.5 Å². The Morgan fingerprint density at radius 3 is 2.31 bits per heavy atom. The van der Waals surface area contributed by atoms with Gasteiger partial charge in [0.05, 0.1) is 24.6 Å². The highest BCUT2D eigenvalue weighted by molar-refractivity contribution is 7.85. The van der Waals surface area contributed by atoms with E-state index in [1.807, 2.05) is 0 Å². The molecule has 0 radical (unpaired) electrons. The van der Waals surface area contributed by atoms with Crippen molar-refractivity contribution in [2.24, 2.45) is 0 Å². The molecule has 26 heavy (non-hydrogen) atoms. The number of rotatable bonds is 6. The average Bonchev–Trinajstić information content (AvgIpc) is 2.64. The molecule has 2 N–H and O–H groups in total. The van der Waals surface area contributed by atoms with Crippen LogP contribution in [0.15, 0.2) is 47.6 Å². The van der Waals surface area contributed by atoms with E-state index in [1.54, 1.807) is 38.5 Å². The summed E-state index contributed by atoms with van der Waals surface area (Å²) in [6.45, 7) is 0.409. The Morgan fingerprint density at radius 1 is 1.04 bits per heavy atom. The van der Waals surface area contributed by atoms with Crippen LogP contribution in [0.4, 0.5) is 5.82 Å². The minimum absolute atomic E-state index is 0.148. The minimum atomic E-state index is -4.20. The lowest BCUT2D eigenvalue weighted by molar-refractivity contribution is 0.356. The predicted octanol–water partition coefficient (Wildman–Crippen LogP) is 2.51. The van der Waals surface area contributed by atoms with Gasteiger partial charge in [-0.25, -0.2) is 9.97 Å². The SMILES string of the molecule is COc1cc2ncnc(NCc3ccc(S(=O)(=O)O)cc3)c2cc1OC. The van der Waals surface area contributed by atoms with Crippen LogP contribution in [0.3, 0.4) is 0 Å². The summed E-state index contributed by atoms with van der Waals surface area (Å²) in [6.07, 6.45) is 1.44. The fourth-order valence-electron chi connectivity index (χ4n) is 2.49. The fraction of sp³-hybridized carbons (Fsp3) is 0.176. The lowest BCUT2D eigenvalue weighted by atomic mass is 10.2. The normalized spacial score (nSPS) is 11.3. The van der Waals surface area contributed by atoms with Gasteiger partial charge in [-0.15, -0.1) is 0 Å². The largest absolute Gasteiger partial charge is 0.493 e. The summed E-state index contributed by atoms with van der Waals surface area (Å²) in [5.74, 6) is 1.75. The van der Waals surface area contributed by atoms with E-state index in [9.17, 15) is 8.42 Å². The van der Waals surface area contributed by atoms with Crippen LogP contribution in [0.2, 0.25) is 0 Å². The molecule has 9 heteroatoms. The van der Waals surface area contributed by atoms with Crippen molar-refractivity contribution in [3.63, 3.8) is 0 Å². The molecular formula is C17H17N3O5S. The quantitative estimate of drug-likeness (QED) is 0.632. The third-order valence-corrected chi connectivity index (χ3v) is 4.69. The van der Waals surface area contributed by atoms with Crippen molar-refractivity contribution in [3.8, 4) is 11.5 Å². The van der Waals surface area contributed by atoms with Gasteiger partial charge in [-0.1, -0.05) is 12.1 Å². The number of benzene rings is 2. The van der Waals surface area contributed by atoms with Gasteiger partial charge in [0.25, 0.3) is 10.1 Å². The van der Waals surface area contributed by atoms with E-state index in [0.717, 1.165) is 10.9 Å². The first-order chi connectivity index (χ1) is 12.4. The van der Waals surface area contributed by atoms with E-state index in [0.29, 0.717) is 29.4 Å². The van der Waals surface area contributed by atoms with E-state index >= 15 is 0 Å².